The van der Waals surface area contributed by atoms with Gasteiger partial charge in [0.25, 0.3) is 0 Å². The van der Waals surface area contributed by atoms with Gasteiger partial charge in [-0.05, 0) is 24.3 Å². The summed E-state index contributed by atoms with van der Waals surface area (Å²) in [5.41, 5.74) is 2.57. The number of hydrogen-bond acceptors (Lipinski definition) is 3. The van der Waals surface area contributed by atoms with E-state index in [1.807, 2.05) is 0 Å². The summed E-state index contributed by atoms with van der Waals surface area (Å²) in [6, 6.07) is 21.3. The van der Waals surface area contributed by atoms with E-state index in [9.17, 15) is 0 Å². The molecule has 102 valence electrons. The first-order chi connectivity index (χ1) is 9.93. The molecule has 0 radical (unpaired) electrons. The number of anilines is 2. The first kappa shape index (κ1) is 11.8. The number of hydrogen-bond donors (Lipinski definition) is 0. The lowest BCUT2D eigenvalue weighted by atomic mass is 10.2. The molecule has 0 bridgehead atoms. The first-order valence-electron chi connectivity index (χ1n) is 7.18. The Bertz CT molecular complexity index is 521. The van der Waals surface area contributed by atoms with Crippen molar-refractivity contribution in [1.29, 1.82) is 0 Å². The molecule has 2 aliphatic rings. The van der Waals surface area contributed by atoms with Crippen molar-refractivity contribution in [1.82, 2.24) is 0 Å². The number of nitrogens with zero attached hydrogens (tertiary/aromatic N) is 2. The lowest BCUT2D eigenvalue weighted by Crippen LogP contribution is -2.43. The topological polar surface area (TPSA) is 19.0 Å². The van der Waals surface area contributed by atoms with Gasteiger partial charge in [-0.15, -0.1) is 0 Å². The van der Waals surface area contributed by atoms with Gasteiger partial charge < -0.3 is 14.5 Å². The smallest absolute Gasteiger partial charge is 0.131 e. The predicted molar refractivity (Wildman–Crippen MR) is 81.1 cm³/mol. The van der Waals surface area contributed by atoms with E-state index < -0.39 is 0 Å². The molecule has 3 heteroatoms. The van der Waals surface area contributed by atoms with Crippen LogP contribution in [0.3, 0.4) is 0 Å². The van der Waals surface area contributed by atoms with Crippen LogP contribution in [0.4, 0.5) is 11.4 Å². The highest BCUT2D eigenvalue weighted by atomic mass is 16.6. The third kappa shape index (κ3) is 2.04. The van der Waals surface area contributed by atoms with Crippen molar-refractivity contribution >= 4 is 11.4 Å². The highest BCUT2D eigenvalue weighted by molar-refractivity contribution is 5.57. The highest BCUT2D eigenvalue weighted by Gasteiger charge is 2.44. The average molecular weight is 266 g/mol. The van der Waals surface area contributed by atoms with Gasteiger partial charge in [0.15, 0.2) is 0 Å². The van der Waals surface area contributed by atoms with E-state index in [1.165, 1.54) is 11.4 Å². The molecule has 0 N–H and O–H groups in total. The first-order valence-corrected chi connectivity index (χ1v) is 7.18. The van der Waals surface area contributed by atoms with Crippen molar-refractivity contribution in [3.05, 3.63) is 60.7 Å². The largest absolute Gasteiger partial charge is 0.369 e. The van der Waals surface area contributed by atoms with E-state index in [0.717, 1.165) is 19.7 Å². The Labute approximate surface area is 119 Å². The van der Waals surface area contributed by atoms with Gasteiger partial charge in [-0.1, -0.05) is 36.4 Å². The fraction of sp³-hybridized carbons (Fsp3) is 0.294. The van der Waals surface area contributed by atoms with Crippen molar-refractivity contribution in [3.63, 3.8) is 0 Å². The molecule has 0 saturated carbocycles. The van der Waals surface area contributed by atoms with E-state index in [2.05, 4.69) is 70.5 Å². The highest BCUT2D eigenvalue weighted by Crippen LogP contribution is 2.34. The van der Waals surface area contributed by atoms with Gasteiger partial charge in [-0.3, -0.25) is 0 Å². The Hall–Kier alpha value is -2.00. The second kappa shape index (κ2) is 4.84. The van der Waals surface area contributed by atoms with E-state index in [1.54, 1.807) is 0 Å². The van der Waals surface area contributed by atoms with Crippen LogP contribution >= 0.6 is 0 Å². The van der Waals surface area contributed by atoms with E-state index >= 15 is 0 Å². The maximum Gasteiger partial charge on any atom is 0.131 e. The Morgan fingerprint density at radius 3 is 1.60 bits per heavy atom. The third-order valence-corrected chi connectivity index (χ3v) is 4.09. The Morgan fingerprint density at radius 2 is 1.20 bits per heavy atom. The molecule has 3 nitrogen and oxygen atoms in total. The van der Waals surface area contributed by atoms with Gasteiger partial charge >= 0.3 is 0 Å². The quantitative estimate of drug-likeness (QED) is 0.796. The van der Waals surface area contributed by atoms with Crippen LogP contribution in [-0.2, 0) is 4.74 Å². The fourth-order valence-electron chi connectivity index (χ4n) is 3.08. The van der Waals surface area contributed by atoms with Crippen LogP contribution < -0.4 is 9.80 Å². The van der Waals surface area contributed by atoms with Crippen LogP contribution in [0.5, 0.6) is 0 Å². The molecule has 1 unspecified atom stereocenters. The Morgan fingerprint density at radius 1 is 0.750 bits per heavy atom. The molecule has 2 aromatic rings. The zero-order valence-electron chi connectivity index (χ0n) is 11.4. The molecule has 0 aliphatic carbocycles. The average Bonchev–Trinajstić information content (AvgIpc) is 3.27. The number of para-hydroxylation sites is 2. The molecule has 0 spiro atoms. The standard InChI is InChI=1S/C17H18N2O/c1-3-7-14(8-4-1)18-11-12-19(17(18)16-13-20-16)15-9-5-2-6-10-15/h1-10,16-17H,11-13H2. The van der Waals surface area contributed by atoms with Crippen LogP contribution in [-0.4, -0.2) is 32.0 Å². The van der Waals surface area contributed by atoms with Crippen LogP contribution in [0.25, 0.3) is 0 Å². The van der Waals surface area contributed by atoms with Crippen molar-refractivity contribution in [3.8, 4) is 0 Å². The predicted octanol–water partition coefficient (Wildman–Crippen LogP) is 2.74. The molecule has 4 rings (SSSR count). The zero-order chi connectivity index (χ0) is 13.4. The molecule has 2 heterocycles. The summed E-state index contributed by atoms with van der Waals surface area (Å²) in [7, 11) is 0. The molecule has 2 saturated heterocycles. The van der Waals surface area contributed by atoms with Gasteiger partial charge in [0, 0.05) is 24.5 Å². The van der Waals surface area contributed by atoms with E-state index in [0.29, 0.717) is 12.3 Å². The molecule has 2 aromatic carbocycles. The van der Waals surface area contributed by atoms with E-state index in [-0.39, 0.29) is 0 Å². The molecular weight excluding hydrogens is 248 g/mol. The monoisotopic (exact) mass is 266 g/mol. The molecule has 0 amide bonds. The van der Waals surface area contributed by atoms with Crippen molar-refractivity contribution in [2.75, 3.05) is 29.5 Å². The summed E-state index contributed by atoms with van der Waals surface area (Å²) >= 11 is 0. The SMILES string of the molecule is c1ccc(N2CCN(c3ccccc3)C2C2CO2)cc1. The minimum Gasteiger partial charge on any atom is -0.369 e. The molecular formula is C17H18N2O. The fourth-order valence-corrected chi connectivity index (χ4v) is 3.08. The van der Waals surface area contributed by atoms with Crippen LogP contribution in [0.1, 0.15) is 0 Å². The molecule has 2 fully saturated rings. The number of rotatable bonds is 3. The summed E-state index contributed by atoms with van der Waals surface area (Å²) in [6.07, 6.45) is 0.651. The van der Waals surface area contributed by atoms with Gasteiger partial charge in [-0.25, -0.2) is 0 Å². The third-order valence-electron chi connectivity index (χ3n) is 4.09. The van der Waals surface area contributed by atoms with Crippen LogP contribution in [0.15, 0.2) is 60.7 Å². The lowest BCUT2D eigenvalue weighted by molar-refractivity contribution is 0.373. The molecule has 1 atom stereocenters. The second-order valence-corrected chi connectivity index (χ2v) is 5.34. The lowest BCUT2D eigenvalue weighted by Gasteiger charge is -2.31. The Balaban J connectivity index is 1.66. The van der Waals surface area contributed by atoms with Gasteiger partial charge in [-0.2, -0.15) is 0 Å². The molecule has 20 heavy (non-hydrogen) atoms. The summed E-state index contributed by atoms with van der Waals surface area (Å²) < 4.78 is 5.61. The number of benzene rings is 2. The van der Waals surface area contributed by atoms with E-state index in [4.69, 9.17) is 4.74 Å². The molecule has 0 aromatic heterocycles. The maximum atomic E-state index is 5.61. The number of ether oxygens (including phenoxy) is 1. The van der Waals surface area contributed by atoms with Crippen LogP contribution in [0, 0.1) is 0 Å². The Kier molecular flexibility index (Phi) is 2.85. The van der Waals surface area contributed by atoms with Crippen molar-refractivity contribution in [2.45, 2.75) is 12.3 Å². The summed E-state index contributed by atoms with van der Waals surface area (Å²) in [5, 5.41) is 0. The second-order valence-electron chi connectivity index (χ2n) is 5.34. The minimum atomic E-state index is 0.319. The summed E-state index contributed by atoms with van der Waals surface area (Å²) in [5.74, 6) is 0. The normalized spacial score (nSPS) is 22.3. The van der Waals surface area contributed by atoms with Crippen LogP contribution in [0.2, 0.25) is 0 Å². The van der Waals surface area contributed by atoms with Gasteiger partial charge in [0.05, 0.1) is 6.61 Å². The van der Waals surface area contributed by atoms with Crippen molar-refractivity contribution < 1.29 is 4.74 Å². The minimum absolute atomic E-state index is 0.319. The van der Waals surface area contributed by atoms with Gasteiger partial charge in [0.2, 0.25) is 0 Å². The number of epoxide rings is 1. The summed E-state index contributed by atoms with van der Waals surface area (Å²) in [6.45, 7) is 2.96. The zero-order valence-corrected chi connectivity index (χ0v) is 11.4. The summed E-state index contributed by atoms with van der Waals surface area (Å²) in [4.78, 5) is 4.93. The maximum absolute atomic E-state index is 5.61. The molecule has 2 aliphatic heterocycles. The van der Waals surface area contributed by atoms with Crippen molar-refractivity contribution in [2.24, 2.45) is 0 Å². The van der Waals surface area contributed by atoms with Gasteiger partial charge in [0.1, 0.15) is 12.3 Å².